The summed E-state index contributed by atoms with van der Waals surface area (Å²) < 4.78 is 5.18. The van der Waals surface area contributed by atoms with Gasteiger partial charge in [0, 0.05) is 23.7 Å². The van der Waals surface area contributed by atoms with Crippen molar-refractivity contribution in [2.75, 3.05) is 7.11 Å². The summed E-state index contributed by atoms with van der Waals surface area (Å²) in [6, 6.07) is 8.96. The SMILES string of the molecule is COc1ccc(-c2[nH]ncc2C(=O)NC2CC3CCC(C2)N3)cc1. The molecule has 6 nitrogen and oxygen atoms in total. The van der Waals surface area contributed by atoms with E-state index in [1.807, 2.05) is 24.3 Å². The lowest BCUT2D eigenvalue weighted by atomic mass is 9.99. The molecule has 3 N–H and O–H groups in total. The minimum Gasteiger partial charge on any atom is -0.497 e. The molecule has 0 spiro atoms. The second-order valence-corrected chi connectivity index (χ2v) is 6.67. The van der Waals surface area contributed by atoms with Gasteiger partial charge in [0.25, 0.3) is 5.91 Å². The van der Waals surface area contributed by atoms with Crippen LogP contribution in [-0.2, 0) is 0 Å². The van der Waals surface area contributed by atoms with Crippen molar-refractivity contribution in [3.8, 4) is 17.0 Å². The Morgan fingerprint density at radius 2 is 1.92 bits per heavy atom. The van der Waals surface area contributed by atoms with E-state index in [9.17, 15) is 4.79 Å². The molecule has 2 aromatic rings. The molecule has 0 saturated carbocycles. The number of benzene rings is 1. The maximum Gasteiger partial charge on any atom is 0.255 e. The minimum absolute atomic E-state index is 0.0548. The van der Waals surface area contributed by atoms with Crippen molar-refractivity contribution in [3.63, 3.8) is 0 Å². The van der Waals surface area contributed by atoms with E-state index in [1.54, 1.807) is 13.3 Å². The van der Waals surface area contributed by atoms with Crippen LogP contribution in [0.1, 0.15) is 36.0 Å². The first kappa shape index (κ1) is 15.2. The fourth-order valence-corrected chi connectivity index (χ4v) is 3.87. The number of piperidine rings is 1. The van der Waals surface area contributed by atoms with Gasteiger partial charge in [-0.1, -0.05) is 0 Å². The van der Waals surface area contributed by atoms with Crippen molar-refractivity contribution in [1.29, 1.82) is 0 Å². The quantitative estimate of drug-likeness (QED) is 0.804. The summed E-state index contributed by atoms with van der Waals surface area (Å²) in [6.45, 7) is 0. The van der Waals surface area contributed by atoms with Crippen LogP contribution in [0.3, 0.4) is 0 Å². The van der Waals surface area contributed by atoms with Gasteiger partial charge in [0.1, 0.15) is 5.75 Å². The minimum atomic E-state index is -0.0548. The zero-order valence-electron chi connectivity index (χ0n) is 13.7. The molecule has 1 aromatic carbocycles. The third-order valence-corrected chi connectivity index (χ3v) is 5.07. The third-order valence-electron chi connectivity index (χ3n) is 5.07. The number of hydrogen-bond donors (Lipinski definition) is 3. The van der Waals surface area contributed by atoms with Crippen LogP contribution in [0.5, 0.6) is 5.75 Å². The number of H-pyrrole nitrogens is 1. The van der Waals surface area contributed by atoms with Crippen LogP contribution in [0, 0.1) is 0 Å². The molecule has 1 amide bonds. The van der Waals surface area contributed by atoms with Gasteiger partial charge in [-0.25, -0.2) is 0 Å². The Morgan fingerprint density at radius 3 is 2.58 bits per heavy atom. The number of fused-ring (bicyclic) bond motifs is 2. The molecule has 24 heavy (non-hydrogen) atoms. The normalized spacial score (nSPS) is 25.5. The second kappa shape index (κ2) is 6.28. The van der Waals surface area contributed by atoms with Crippen LogP contribution in [-0.4, -0.2) is 41.3 Å². The number of rotatable bonds is 4. The smallest absolute Gasteiger partial charge is 0.255 e. The lowest BCUT2D eigenvalue weighted by molar-refractivity contribution is 0.0924. The van der Waals surface area contributed by atoms with E-state index in [1.165, 1.54) is 12.8 Å². The number of methoxy groups -OCH3 is 1. The average Bonchev–Trinajstić information content (AvgIpc) is 3.22. The Hall–Kier alpha value is -2.34. The monoisotopic (exact) mass is 326 g/mol. The Morgan fingerprint density at radius 1 is 1.21 bits per heavy atom. The number of hydrogen-bond acceptors (Lipinski definition) is 4. The zero-order valence-corrected chi connectivity index (χ0v) is 13.7. The average molecular weight is 326 g/mol. The highest BCUT2D eigenvalue weighted by atomic mass is 16.5. The molecule has 2 atom stereocenters. The molecule has 0 radical (unpaired) electrons. The standard InChI is InChI=1S/C18H22N4O2/c1-24-15-6-2-11(3-7-15)17-16(10-19-22-17)18(23)21-14-8-12-4-5-13(9-14)20-12/h2-3,6-7,10,12-14,20H,4-5,8-9H2,1H3,(H,19,22)(H,21,23). The number of aromatic nitrogens is 2. The molecule has 2 unspecified atom stereocenters. The lowest BCUT2D eigenvalue weighted by Gasteiger charge is -2.29. The number of aromatic amines is 1. The Labute approximate surface area is 141 Å². The number of nitrogens with zero attached hydrogens (tertiary/aromatic N) is 1. The molecule has 0 aliphatic carbocycles. The Kier molecular flexibility index (Phi) is 3.98. The Bertz CT molecular complexity index is 713. The fourth-order valence-electron chi connectivity index (χ4n) is 3.87. The molecule has 6 heteroatoms. The number of amides is 1. The van der Waals surface area contributed by atoms with Crippen LogP contribution in [0.2, 0.25) is 0 Å². The van der Waals surface area contributed by atoms with Crippen LogP contribution < -0.4 is 15.4 Å². The molecule has 1 aromatic heterocycles. The van der Waals surface area contributed by atoms with Crippen LogP contribution in [0.4, 0.5) is 0 Å². The van der Waals surface area contributed by atoms with E-state index >= 15 is 0 Å². The summed E-state index contributed by atoms with van der Waals surface area (Å²) in [7, 11) is 1.64. The van der Waals surface area contributed by atoms with Gasteiger partial charge in [0.05, 0.1) is 24.6 Å². The fraction of sp³-hybridized carbons (Fsp3) is 0.444. The van der Waals surface area contributed by atoms with E-state index < -0.39 is 0 Å². The largest absolute Gasteiger partial charge is 0.497 e. The molecule has 2 fully saturated rings. The van der Waals surface area contributed by atoms with Crippen LogP contribution >= 0.6 is 0 Å². The van der Waals surface area contributed by atoms with Crippen molar-refractivity contribution in [1.82, 2.24) is 20.8 Å². The summed E-state index contributed by atoms with van der Waals surface area (Å²) in [5.74, 6) is 0.732. The van der Waals surface area contributed by atoms with Crippen molar-refractivity contribution in [3.05, 3.63) is 36.0 Å². The molecule has 3 heterocycles. The molecule has 2 bridgehead atoms. The van der Waals surface area contributed by atoms with Crippen molar-refractivity contribution in [2.45, 2.75) is 43.8 Å². The maximum absolute atomic E-state index is 12.7. The highest BCUT2D eigenvalue weighted by molar-refractivity contribution is 5.99. The van der Waals surface area contributed by atoms with Gasteiger partial charge in [-0.2, -0.15) is 5.10 Å². The molecular formula is C18H22N4O2. The predicted octanol–water partition coefficient (Wildman–Crippen LogP) is 2.10. The maximum atomic E-state index is 12.7. The molecule has 2 saturated heterocycles. The predicted molar refractivity (Wildman–Crippen MR) is 91.0 cm³/mol. The van der Waals surface area contributed by atoms with Crippen LogP contribution in [0.25, 0.3) is 11.3 Å². The highest BCUT2D eigenvalue weighted by Crippen LogP contribution is 2.28. The second-order valence-electron chi connectivity index (χ2n) is 6.67. The van der Waals surface area contributed by atoms with E-state index in [4.69, 9.17) is 4.74 Å². The number of carbonyl (C=O) groups excluding carboxylic acids is 1. The van der Waals surface area contributed by atoms with Gasteiger partial charge in [0.2, 0.25) is 0 Å². The van der Waals surface area contributed by atoms with E-state index in [2.05, 4.69) is 20.8 Å². The van der Waals surface area contributed by atoms with Gasteiger partial charge in [-0.3, -0.25) is 9.89 Å². The van der Waals surface area contributed by atoms with Gasteiger partial charge >= 0.3 is 0 Å². The summed E-state index contributed by atoms with van der Waals surface area (Å²) in [4.78, 5) is 12.7. The first-order valence-electron chi connectivity index (χ1n) is 8.47. The highest BCUT2D eigenvalue weighted by Gasteiger charge is 2.34. The molecule has 2 aliphatic heterocycles. The number of nitrogens with one attached hydrogen (secondary N) is 3. The van der Waals surface area contributed by atoms with Gasteiger partial charge in [-0.05, 0) is 49.9 Å². The number of carbonyl (C=O) groups is 1. The summed E-state index contributed by atoms with van der Waals surface area (Å²) in [5.41, 5.74) is 2.25. The topological polar surface area (TPSA) is 79.0 Å². The Balaban J connectivity index is 1.50. The van der Waals surface area contributed by atoms with Crippen molar-refractivity contribution < 1.29 is 9.53 Å². The first-order chi connectivity index (χ1) is 11.7. The molecular weight excluding hydrogens is 304 g/mol. The van der Waals surface area contributed by atoms with Gasteiger partial charge < -0.3 is 15.4 Å². The summed E-state index contributed by atoms with van der Waals surface area (Å²) >= 11 is 0. The molecule has 4 rings (SSSR count). The van der Waals surface area contributed by atoms with Crippen LogP contribution in [0.15, 0.2) is 30.5 Å². The van der Waals surface area contributed by atoms with Gasteiger partial charge in [0.15, 0.2) is 0 Å². The summed E-state index contributed by atoms with van der Waals surface area (Å²) in [6.07, 6.45) is 6.07. The van der Waals surface area contributed by atoms with E-state index in [0.717, 1.165) is 29.8 Å². The van der Waals surface area contributed by atoms with E-state index in [-0.39, 0.29) is 11.9 Å². The molecule has 2 aliphatic rings. The lowest BCUT2D eigenvalue weighted by Crippen LogP contribution is -2.48. The number of ether oxygens (including phenoxy) is 1. The third kappa shape index (κ3) is 2.89. The summed E-state index contributed by atoms with van der Waals surface area (Å²) in [5, 5.41) is 13.8. The van der Waals surface area contributed by atoms with Crippen molar-refractivity contribution in [2.24, 2.45) is 0 Å². The van der Waals surface area contributed by atoms with E-state index in [0.29, 0.717) is 17.6 Å². The van der Waals surface area contributed by atoms with Gasteiger partial charge in [-0.15, -0.1) is 0 Å². The first-order valence-corrected chi connectivity index (χ1v) is 8.47. The van der Waals surface area contributed by atoms with Crippen molar-refractivity contribution >= 4 is 5.91 Å². The zero-order chi connectivity index (χ0) is 16.5. The molecule has 126 valence electrons.